The Labute approximate surface area is 103 Å². The summed E-state index contributed by atoms with van der Waals surface area (Å²) in [5, 5.41) is 4.75. The molecule has 0 aliphatic carbocycles. The Morgan fingerprint density at radius 1 is 1.24 bits per heavy atom. The first kappa shape index (κ1) is 12.1. The van der Waals surface area contributed by atoms with E-state index in [1.807, 2.05) is 12.3 Å². The molecule has 1 unspecified atom stereocenters. The number of pyridine rings is 1. The predicted molar refractivity (Wildman–Crippen MR) is 73.1 cm³/mol. The first-order chi connectivity index (χ1) is 8.35. The first-order valence-electron chi connectivity index (χ1n) is 6.43. The Hall–Kier alpha value is -1.41. The molecule has 0 radical (unpaired) electrons. The number of benzene rings is 1. The molecule has 0 fully saturated rings. The molecule has 0 aliphatic rings. The summed E-state index contributed by atoms with van der Waals surface area (Å²) < 4.78 is 0. The van der Waals surface area contributed by atoms with E-state index in [2.05, 4.69) is 48.4 Å². The molecule has 17 heavy (non-hydrogen) atoms. The zero-order valence-corrected chi connectivity index (χ0v) is 10.6. The van der Waals surface area contributed by atoms with Crippen molar-refractivity contribution in [2.24, 2.45) is 0 Å². The van der Waals surface area contributed by atoms with Gasteiger partial charge >= 0.3 is 0 Å². The molecule has 2 aromatic rings. The molecule has 1 N–H and O–H groups in total. The maximum Gasteiger partial charge on any atom is 0.0705 e. The van der Waals surface area contributed by atoms with Gasteiger partial charge in [-0.2, -0.15) is 0 Å². The number of hydrogen-bond acceptors (Lipinski definition) is 2. The highest BCUT2D eigenvalue weighted by Crippen LogP contribution is 2.22. The normalized spacial score (nSPS) is 12.8. The fraction of sp³-hybridized carbons (Fsp3) is 0.400. The minimum Gasteiger partial charge on any atom is -0.310 e. The Morgan fingerprint density at radius 2 is 2.12 bits per heavy atom. The summed E-state index contributed by atoms with van der Waals surface area (Å²) in [6.07, 6.45) is 4.22. The van der Waals surface area contributed by atoms with E-state index in [0.29, 0.717) is 6.04 Å². The molecule has 0 saturated heterocycles. The maximum absolute atomic E-state index is 4.42. The Morgan fingerprint density at radius 3 is 2.88 bits per heavy atom. The van der Waals surface area contributed by atoms with Crippen LogP contribution in [0.2, 0.25) is 0 Å². The van der Waals surface area contributed by atoms with Crippen LogP contribution < -0.4 is 5.32 Å². The molecule has 1 heterocycles. The average molecular weight is 228 g/mol. The molecule has 0 aliphatic heterocycles. The summed E-state index contributed by atoms with van der Waals surface area (Å²) in [7, 11) is 0. The van der Waals surface area contributed by atoms with Crippen molar-refractivity contribution in [3.05, 3.63) is 42.1 Å². The third-order valence-electron chi connectivity index (χ3n) is 3.06. The van der Waals surface area contributed by atoms with Gasteiger partial charge in [-0.1, -0.05) is 38.5 Å². The molecule has 90 valence electrons. The molecule has 2 heteroatoms. The van der Waals surface area contributed by atoms with E-state index in [1.54, 1.807) is 0 Å². The topological polar surface area (TPSA) is 24.9 Å². The highest BCUT2D eigenvalue weighted by atomic mass is 14.9. The second kappa shape index (κ2) is 5.78. The summed E-state index contributed by atoms with van der Waals surface area (Å²) in [6, 6.07) is 11.1. The second-order valence-electron chi connectivity index (χ2n) is 4.35. The van der Waals surface area contributed by atoms with Crippen LogP contribution in [0.1, 0.15) is 38.3 Å². The molecule has 0 spiro atoms. The van der Waals surface area contributed by atoms with Crippen LogP contribution in [0.3, 0.4) is 0 Å². The molecule has 1 atom stereocenters. The van der Waals surface area contributed by atoms with Gasteiger partial charge in [-0.3, -0.25) is 4.98 Å². The minimum absolute atomic E-state index is 0.455. The molecule has 0 amide bonds. The summed E-state index contributed by atoms with van der Waals surface area (Å²) in [5.74, 6) is 0. The van der Waals surface area contributed by atoms with E-state index >= 15 is 0 Å². The highest BCUT2D eigenvalue weighted by molar-refractivity contribution is 5.78. The molecule has 0 bridgehead atoms. The maximum atomic E-state index is 4.42. The standard InChI is InChI=1S/C15H20N2/c1-3-6-14(16-4-2)13-9-8-12-7-5-10-17-15(12)11-13/h5,7-11,14,16H,3-4,6H2,1-2H3. The lowest BCUT2D eigenvalue weighted by Crippen LogP contribution is -2.20. The first-order valence-corrected chi connectivity index (χ1v) is 6.43. The van der Waals surface area contributed by atoms with Crippen LogP contribution in [-0.2, 0) is 0 Å². The number of fused-ring (bicyclic) bond motifs is 1. The number of aromatic nitrogens is 1. The van der Waals surface area contributed by atoms with E-state index in [0.717, 1.165) is 12.1 Å². The molecule has 1 aromatic heterocycles. The van der Waals surface area contributed by atoms with Crippen LogP contribution in [0, 0.1) is 0 Å². The summed E-state index contributed by atoms with van der Waals surface area (Å²) in [4.78, 5) is 4.42. The van der Waals surface area contributed by atoms with Crippen LogP contribution in [0.4, 0.5) is 0 Å². The van der Waals surface area contributed by atoms with Crippen molar-refractivity contribution < 1.29 is 0 Å². The Balaban J connectivity index is 2.32. The summed E-state index contributed by atoms with van der Waals surface area (Å²) in [5.41, 5.74) is 2.43. The van der Waals surface area contributed by atoms with Crippen LogP contribution in [0.25, 0.3) is 10.9 Å². The monoisotopic (exact) mass is 228 g/mol. The largest absolute Gasteiger partial charge is 0.310 e. The smallest absolute Gasteiger partial charge is 0.0705 e. The number of rotatable bonds is 5. The highest BCUT2D eigenvalue weighted by Gasteiger charge is 2.09. The van der Waals surface area contributed by atoms with Crippen molar-refractivity contribution in [1.82, 2.24) is 10.3 Å². The van der Waals surface area contributed by atoms with Crippen LogP contribution in [0.15, 0.2) is 36.5 Å². The zero-order chi connectivity index (χ0) is 12.1. The van der Waals surface area contributed by atoms with Crippen molar-refractivity contribution in [3.63, 3.8) is 0 Å². The van der Waals surface area contributed by atoms with Gasteiger partial charge in [-0.25, -0.2) is 0 Å². The van der Waals surface area contributed by atoms with Gasteiger partial charge in [0.15, 0.2) is 0 Å². The summed E-state index contributed by atoms with van der Waals surface area (Å²) in [6.45, 7) is 5.39. The van der Waals surface area contributed by atoms with Gasteiger partial charge in [0.05, 0.1) is 5.52 Å². The Kier molecular flexibility index (Phi) is 4.10. The van der Waals surface area contributed by atoms with E-state index in [1.165, 1.54) is 23.8 Å². The zero-order valence-electron chi connectivity index (χ0n) is 10.6. The van der Waals surface area contributed by atoms with Crippen LogP contribution in [-0.4, -0.2) is 11.5 Å². The van der Waals surface area contributed by atoms with E-state index in [-0.39, 0.29) is 0 Å². The van der Waals surface area contributed by atoms with Gasteiger partial charge in [-0.15, -0.1) is 0 Å². The van der Waals surface area contributed by atoms with E-state index in [9.17, 15) is 0 Å². The third-order valence-corrected chi connectivity index (χ3v) is 3.06. The second-order valence-corrected chi connectivity index (χ2v) is 4.35. The third kappa shape index (κ3) is 2.83. The van der Waals surface area contributed by atoms with Crippen LogP contribution in [0.5, 0.6) is 0 Å². The number of nitrogens with zero attached hydrogens (tertiary/aromatic N) is 1. The van der Waals surface area contributed by atoms with Crippen LogP contribution >= 0.6 is 0 Å². The predicted octanol–water partition coefficient (Wildman–Crippen LogP) is 3.69. The lowest BCUT2D eigenvalue weighted by molar-refractivity contribution is 0.509. The van der Waals surface area contributed by atoms with Gasteiger partial charge in [-0.05, 0) is 30.7 Å². The summed E-state index contributed by atoms with van der Waals surface area (Å²) >= 11 is 0. The lowest BCUT2D eigenvalue weighted by Gasteiger charge is -2.17. The van der Waals surface area contributed by atoms with E-state index < -0.39 is 0 Å². The van der Waals surface area contributed by atoms with Crippen molar-refractivity contribution in [2.45, 2.75) is 32.7 Å². The van der Waals surface area contributed by atoms with E-state index in [4.69, 9.17) is 0 Å². The van der Waals surface area contributed by atoms with Crippen molar-refractivity contribution in [1.29, 1.82) is 0 Å². The van der Waals surface area contributed by atoms with Crippen molar-refractivity contribution in [2.75, 3.05) is 6.54 Å². The van der Waals surface area contributed by atoms with Gasteiger partial charge in [0.2, 0.25) is 0 Å². The molecule has 0 saturated carbocycles. The number of nitrogens with one attached hydrogen (secondary N) is 1. The molecule has 2 nitrogen and oxygen atoms in total. The van der Waals surface area contributed by atoms with Gasteiger partial charge in [0.1, 0.15) is 0 Å². The van der Waals surface area contributed by atoms with Crippen molar-refractivity contribution >= 4 is 10.9 Å². The quantitative estimate of drug-likeness (QED) is 0.844. The Bertz CT molecular complexity index is 473. The lowest BCUT2D eigenvalue weighted by atomic mass is 10.0. The average Bonchev–Trinajstić information content (AvgIpc) is 2.38. The number of hydrogen-bond donors (Lipinski definition) is 1. The van der Waals surface area contributed by atoms with Gasteiger partial charge < -0.3 is 5.32 Å². The van der Waals surface area contributed by atoms with Gasteiger partial charge in [0, 0.05) is 17.6 Å². The van der Waals surface area contributed by atoms with Gasteiger partial charge in [0.25, 0.3) is 0 Å². The molecular formula is C15H20N2. The molecular weight excluding hydrogens is 208 g/mol. The van der Waals surface area contributed by atoms with Crippen molar-refractivity contribution in [3.8, 4) is 0 Å². The molecule has 2 rings (SSSR count). The SMILES string of the molecule is CCCC(NCC)c1ccc2cccnc2c1. The minimum atomic E-state index is 0.455. The molecule has 1 aromatic carbocycles. The fourth-order valence-corrected chi connectivity index (χ4v) is 2.22. The fourth-order valence-electron chi connectivity index (χ4n) is 2.22.